The van der Waals surface area contributed by atoms with Gasteiger partial charge in [0.2, 0.25) is 0 Å². The van der Waals surface area contributed by atoms with Crippen molar-refractivity contribution < 1.29 is 4.79 Å². The lowest BCUT2D eigenvalue weighted by Crippen LogP contribution is -2.13. The molecule has 2 heterocycles. The third kappa shape index (κ3) is 2.70. The summed E-state index contributed by atoms with van der Waals surface area (Å²) in [5, 5.41) is 7.77. The number of hydrogen-bond acceptors (Lipinski definition) is 4. The van der Waals surface area contributed by atoms with E-state index in [9.17, 15) is 4.79 Å². The molecule has 2 aromatic heterocycles. The Morgan fingerprint density at radius 1 is 1.22 bits per heavy atom. The Balaban J connectivity index is 2.33. The standard InChI is InChI=1S/C18H20N4O/c1-10(23)11-6-5-7-12(8-11)13-9-14(18(2,3)4)20-17-15(13)16(19)21-22-17/h5-9H,1-4H3,(H3,19,20,21,22). The summed E-state index contributed by atoms with van der Waals surface area (Å²) in [5.41, 5.74) is 10.1. The van der Waals surface area contributed by atoms with Gasteiger partial charge in [0.15, 0.2) is 17.2 Å². The van der Waals surface area contributed by atoms with Gasteiger partial charge in [0.05, 0.1) is 5.39 Å². The monoisotopic (exact) mass is 308 g/mol. The Hall–Kier alpha value is -2.69. The van der Waals surface area contributed by atoms with Gasteiger partial charge >= 0.3 is 0 Å². The number of H-pyrrole nitrogens is 1. The van der Waals surface area contributed by atoms with E-state index < -0.39 is 0 Å². The van der Waals surface area contributed by atoms with Gasteiger partial charge in [-0.15, -0.1) is 0 Å². The number of benzene rings is 1. The molecule has 0 radical (unpaired) electrons. The first-order valence-electron chi connectivity index (χ1n) is 7.54. The van der Waals surface area contributed by atoms with Crippen molar-refractivity contribution in [1.29, 1.82) is 0 Å². The third-order valence-electron chi connectivity index (χ3n) is 3.91. The molecule has 3 rings (SSSR count). The molecule has 0 aliphatic rings. The number of nitrogen functional groups attached to an aromatic ring is 1. The molecule has 0 atom stereocenters. The van der Waals surface area contributed by atoms with E-state index in [2.05, 4.69) is 36.0 Å². The van der Waals surface area contributed by atoms with Crippen LogP contribution in [-0.2, 0) is 5.41 Å². The Kier molecular flexibility index (Phi) is 3.43. The number of aromatic amines is 1. The topological polar surface area (TPSA) is 84.7 Å². The maximum Gasteiger partial charge on any atom is 0.159 e. The third-order valence-corrected chi connectivity index (χ3v) is 3.91. The molecular weight excluding hydrogens is 288 g/mol. The molecular formula is C18H20N4O. The van der Waals surface area contributed by atoms with Crippen molar-refractivity contribution in [2.45, 2.75) is 33.1 Å². The lowest BCUT2D eigenvalue weighted by molar-refractivity contribution is 0.101. The van der Waals surface area contributed by atoms with Gasteiger partial charge in [-0.25, -0.2) is 4.98 Å². The zero-order valence-electron chi connectivity index (χ0n) is 13.8. The number of Topliss-reactive ketones (excluding diaryl/α,β-unsaturated/α-hetero) is 1. The van der Waals surface area contributed by atoms with E-state index in [4.69, 9.17) is 5.73 Å². The van der Waals surface area contributed by atoms with E-state index >= 15 is 0 Å². The highest BCUT2D eigenvalue weighted by molar-refractivity contribution is 6.02. The zero-order valence-corrected chi connectivity index (χ0v) is 13.8. The molecule has 0 aliphatic carbocycles. The molecule has 5 nitrogen and oxygen atoms in total. The first-order chi connectivity index (χ1) is 10.8. The van der Waals surface area contributed by atoms with Gasteiger partial charge in [-0.3, -0.25) is 9.89 Å². The van der Waals surface area contributed by atoms with Crippen molar-refractivity contribution >= 4 is 22.6 Å². The molecule has 0 spiro atoms. The zero-order chi connectivity index (χ0) is 16.8. The summed E-state index contributed by atoms with van der Waals surface area (Å²) in [6, 6.07) is 9.59. The lowest BCUT2D eigenvalue weighted by atomic mass is 9.89. The Morgan fingerprint density at radius 3 is 2.61 bits per heavy atom. The summed E-state index contributed by atoms with van der Waals surface area (Å²) < 4.78 is 0. The van der Waals surface area contributed by atoms with Crippen molar-refractivity contribution in [1.82, 2.24) is 15.2 Å². The van der Waals surface area contributed by atoms with Crippen LogP contribution in [0.15, 0.2) is 30.3 Å². The normalized spacial score (nSPS) is 11.8. The number of ketones is 1. The highest BCUT2D eigenvalue weighted by Crippen LogP contribution is 2.34. The number of nitrogens with zero attached hydrogens (tertiary/aromatic N) is 2. The fraction of sp³-hybridized carbons (Fsp3) is 0.278. The quantitative estimate of drug-likeness (QED) is 0.707. The Bertz CT molecular complexity index is 903. The SMILES string of the molecule is CC(=O)c1cccc(-c2cc(C(C)(C)C)nc3[nH]nc(N)c23)c1. The fourth-order valence-corrected chi connectivity index (χ4v) is 2.57. The number of hydrogen-bond donors (Lipinski definition) is 2. The van der Waals surface area contributed by atoms with Crippen LogP contribution in [0, 0.1) is 0 Å². The van der Waals surface area contributed by atoms with Gasteiger partial charge in [0, 0.05) is 16.7 Å². The van der Waals surface area contributed by atoms with Gasteiger partial charge in [-0.2, -0.15) is 5.10 Å². The number of carbonyl (C=O) groups excluding carboxylic acids is 1. The Labute approximate surface area is 134 Å². The molecule has 0 saturated carbocycles. The summed E-state index contributed by atoms with van der Waals surface area (Å²) in [5.74, 6) is 0.449. The lowest BCUT2D eigenvalue weighted by Gasteiger charge is -2.19. The molecule has 23 heavy (non-hydrogen) atoms. The van der Waals surface area contributed by atoms with Crippen molar-refractivity contribution in [3.63, 3.8) is 0 Å². The maximum absolute atomic E-state index is 11.7. The minimum Gasteiger partial charge on any atom is -0.382 e. The largest absolute Gasteiger partial charge is 0.382 e. The van der Waals surface area contributed by atoms with E-state index in [1.165, 1.54) is 0 Å². The van der Waals surface area contributed by atoms with Crippen molar-refractivity contribution in [3.8, 4) is 11.1 Å². The van der Waals surface area contributed by atoms with Crippen LogP contribution < -0.4 is 5.73 Å². The van der Waals surface area contributed by atoms with Crippen molar-refractivity contribution in [2.75, 3.05) is 5.73 Å². The Morgan fingerprint density at radius 2 is 1.96 bits per heavy atom. The van der Waals surface area contributed by atoms with E-state index in [0.717, 1.165) is 22.2 Å². The van der Waals surface area contributed by atoms with E-state index in [1.54, 1.807) is 6.92 Å². The predicted octanol–water partition coefficient (Wildman–Crippen LogP) is 3.71. The molecule has 118 valence electrons. The predicted molar refractivity (Wildman–Crippen MR) is 92.4 cm³/mol. The molecule has 0 aliphatic heterocycles. The number of aromatic nitrogens is 3. The summed E-state index contributed by atoms with van der Waals surface area (Å²) in [7, 11) is 0. The molecule has 0 amide bonds. The second kappa shape index (κ2) is 5.19. The maximum atomic E-state index is 11.7. The minimum atomic E-state index is -0.110. The van der Waals surface area contributed by atoms with Gasteiger partial charge in [-0.1, -0.05) is 39.0 Å². The first kappa shape index (κ1) is 15.2. The number of fused-ring (bicyclic) bond motifs is 1. The van der Waals surface area contributed by atoms with E-state index in [-0.39, 0.29) is 11.2 Å². The van der Waals surface area contributed by atoms with Crippen molar-refractivity contribution in [2.24, 2.45) is 0 Å². The van der Waals surface area contributed by atoms with Crippen LogP contribution >= 0.6 is 0 Å². The van der Waals surface area contributed by atoms with Gasteiger partial charge < -0.3 is 5.73 Å². The molecule has 1 aromatic carbocycles. The summed E-state index contributed by atoms with van der Waals surface area (Å²) >= 11 is 0. The number of carbonyl (C=O) groups is 1. The van der Waals surface area contributed by atoms with Crippen LogP contribution in [0.4, 0.5) is 5.82 Å². The number of nitrogens with two attached hydrogens (primary N) is 1. The van der Waals surface area contributed by atoms with Gasteiger partial charge in [0.1, 0.15) is 0 Å². The molecule has 5 heteroatoms. The van der Waals surface area contributed by atoms with Gasteiger partial charge in [0.25, 0.3) is 0 Å². The molecule has 0 unspecified atom stereocenters. The van der Waals surface area contributed by atoms with Crippen LogP contribution in [0.5, 0.6) is 0 Å². The summed E-state index contributed by atoms with van der Waals surface area (Å²) in [6.45, 7) is 7.89. The number of anilines is 1. The molecule has 3 N–H and O–H groups in total. The second-order valence-electron chi connectivity index (χ2n) is 6.77. The van der Waals surface area contributed by atoms with Crippen LogP contribution in [-0.4, -0.2) is 21.0 Å². The minimum absolute atomic E-state index is 0.0355. The molecule has 3 aromatic rings. The molecule has 0 bridgehead atoms. The highest BCUT2D eigenvalue weighted by atomic mass is 16.1. The van der Waals surface area contributed by atoms with Crippen molar-refractivity contribution in [3.05, 3.63) is 41.6 Å². The van der Waals surface area contributed by atoms with Crippen LogP contribution in [0.3, 0.4) is 0 Å². The molecule has 0 saturated heterocycles. The first-order valence-corrected chi connectivity index (χ1v) is 7.54. The smallest absolute Gasteiger partial charge is 0.159 e. The van der Waals surface area contributed by atoms with E-state index in [0.29, 0.717) is 17.0 Å². The van der Waals surface area contributed by atoms with Crippen LogP contribution in [0.1, 0.15) is 43.7 Å². The van der Waals surface area contributed by atoms with Crippen LogP contribution in [0.2, 0.25) is 0 Å². The second-order valence-corrected chi connectivity index (χ2v) is 6.77. The number of nitrogens with one attached hydrogen (secondary N) is 1. The van der Waals surface area contributed by atoms with Gasteiger partial charge in [-0.05, 0) is 30.2 Å². The summed E-state index contributed by atoms with van der Waals surface area (Å²) in [6.07, 6.45) is 0. The average molecular weight is 308 g/mol. The van der Waals surface area contributed by atoms with Crippen LogP contribution in [0.25, 0.3) is 22.2 Å². The highest BCUT2D eigenvalue weighted by Gasteiger charge is 2.21. The average Bonchev–Trinajstić information content (AvgIpc) is 2.87. The number of pyridine rings is 1. The molecule has 0 fully saturated rings. The number of rotatable bonds is 2. The fourth-order valence-electron chi connectivity index (χ4n) is 2.57. The summed E-state index contributed by atoms with van der Waals surface area (Å²) in [4.78, 5) is 16.3. The van der Waals surface area contributed by atoms with E-state index in [1.807, 2.05) is 30.3 Å².